The number of oxazole rings is 1. The van der Waals surface area contributed by atoms with Crippen LogP contribution in [0.1, 0.15) is 5.56 Å². The fraction of sp³-hybridized carbons (Fsp3) is 0.188. The minimum atomic E-state index is -3.54. The van der Waals surface area contributed by atoms with Crippen molar-refractivity contribution < 1.29 is 17.6 Å². The lowest BCUT2D eigenvalue weighted by Crippen LogP contribution is -2.18. The van der Waals surface area contributed by atoms with Crippen LogP contribution in [0.5, 0.6) is 5.75 Å². The quantitative estimate of drug-likeness (QED) is 0.710. The summed E-state index contributed by atoms with van der Waals surface area (Å²) in [5.41, 5.74) is 2.02. The SMILES string of the molecule is COc1cccc(CCS(=O)(=O)Nc2ccc3[nH]c(=O)oc3c2)c1. The first-order valence-corrected chi connectivity index (χ1v) is 8.87. The molecule has 126 valence electrons. The van der Waals surface area contributed by atoms with Crippen LogP contribution in [0.25, 0.3) is 11.1 Å². The van der Waals surface area contributed by atoms with Gasteiger partial charge in [-0.3, -0.25) is 9.71 Å². The number of rotatable bonds is 6. The average molecular weight is 348 g/mol. The number of anilines is 1. The standard InChI is InChI=1S/C16H16N2O5S/c1-22-13-4-2-3-11(9-13)7-8-24(20,21)18-12-5-6-14-15(10-12)23-16(19)17-14/h2-6,9-10,18H,7-8H2,1H3,(H,17,19). The molecule has 0 bridgehead atoms. The van der Waals surface area contributed by atoms with E-state index in [4.69, 9.17) is 9.15 Å². The van der Waals surface area contributed by atoms with Gasteiger partial charge in [0.25, 0.3) is 0 Å². The molecule has 0 unspecified atom stereocenters. The highest BCUT2D eigenvalue weighted by atomic mass is 32.2. The Labute approximate surface area is 138 Å². The van der Waals surface area contributed by atoms with E-state index in [1.807, 2.05) is 12.1 Å². The number of nitrogens with one attached hydrogen (secondary N) is 2. The topological polar surface area (TPSA) is 101 Å². The van der Waals surface area contributed by atoms with Crippen molar-refractivity contribution in [1.29, 1.82) is 0 Å². The van der Waals surface area contributed by atoms with E-state index in [1.165, 1.54) is 6.07 Å². The highest BCUT2D eigenvalue weighted by Crippen LogP contribution is 2.18. The Balaban J connectivity index is 1.71. The van der Waals surface area contributed by atoms with Gasteiger partial charge in [-0.15, -0.1) is 0 Å². The molecule has 7 nitrogen and oxygen atoms in total. The second-order valence-electron chi connectivity index (χ2n) is 5.25. The van der Waals surface area contributed by atoms with E-state index in [-0.39, 0.29) is 5.75 Å². The van der Waals surface area contributed by atoms with Crippen LogP contribution in [-0.4, -0.2) is 26.3 Å². The number of methoxy groups -OCH3 is 1. The van der Waals surface area contributed by atoms with E-state index >= 15 is 0 Å². The van der Waals surface area contributed by atoms with Crippen molar-refractivity contribution in [3.05, 3.63) is 58.6 Å². The van der Waals surface area contributed by atoms with E-state index in [0.29, 0.717) is 29.0 Å². The molecule has 0 aliphatic rings. The van der Waals surface area contributed by atoms with Gasteiger partial charge in [-0.25, -0.2) is 13.2 Å². The largest absolute Gasteiger partial charge is 0.497 e. The highest BCUT2D eigenvalue weighted by Gasteiger charge is 2.12. The maximum Gasteiger partial charge on any atom is 0.417 e. The molecule has 0 radical (unpaired) electrons. The van der Waals surface area contributed by atoms with Gasteiger partial charge in [0.15, 0.2) is 5.58 Å². The monoisotopic (exact) mass is 348 g/mol. The molecule has 0 saturated carbocycles. The first-order chi connectivity index (χ1) is 11.4. The molecule has 2 aromatic carbocycles. The molecule has 3 aromatic rings. The molecule has 1 heterocycles. The zero-order valence-corrected chi connectivity index (χ0v) is 13.7. The second-order valence-corrected chi connectivity index (χ2v) is 7.09. The number of benzene rings is 2. The number of sulfonamides is 1. The molecule has 0 aliphatic carbocycles. The van der Waals surface area contributed by atoms with Crippen molar-refractivity contribution in [3.63, 3.8) is 0 Å². The normalized spacial score (nSPS) is 11.5. The van der Waals surface area contributed by atoms with Gasteiger partial charge in [0, 0.05) is 6.07 Å². The molecule has 0 saturated heterocycles. The molecule has 0 atom stereocenters. The third-order valence-corrected chi connectivity index (χ3v) is 4.78. The number of hydrogen-bond acceptors (Lipinski definition) is 5. The van der Waals surface area contributed by atoms with Crippen LogP contribution in [0.15, 0.2) is 51.7 Å². The van der Waals surface area contributed by atoms with Gasteiger partial charge in [0.1, 0.15) is 5.75 Å². The smallest absolute Gasteiger partial charge is 0.417 e. The zero-order chi connectivity index (χ0) is 17.2. The van der Waals surface area contributed by atoms with Crippen LogP contribution in [-0.2, 0) is 16.4 Å². The van der Waals surface area contributed by atoms with Gasteiger partial charge >= 0.3 is 5.76 Å². The number of aryl methyl sites for hydroxylation is 1. The molecule has 0 amide bonds. The number of fused-ring (bicyclic) bond motifs is 1. The van der Waals surface area contributed by atoms with Crippen LogP contribution in [0.3, 0.4) is 0 Å². The van der Waals surface area contributed by atoms with Crippen molar-refractivity contribution >= 4 is 26.8 Å². The number of hydrogen-bond donors (Lipinski definition) is 2. The van der Waals surface area contributed by atoms with Crippen LogP contribution in [0.4, 0.5) is 5.69 Å². The summed E-state index contributed by atoms with van der Waals surface area (Å²) in [4.78, 5) is 13.6. The van der Waals surface area contributed by atoms with E-state index < -0.39 is 15.8 Å². The minimum absolute atomic E-state index is 0.0741. The highest BCUT2D eigenvalue weighted by molar-refractivity contribution is 7.92. The predicted molar refractivity (Wildman–Crippen MR) is 90.9 cm³/mol. The average Bonchev–Trinajstić information content (AvgIpc) is 2.92. The van der Waals surface area contributed by atoms with Crippen LogP contribution in [0, 0.1) is 0 Å². The van der Waals surface area contributed by atoms with Crippen molar-refractivity contribution in [1.82, 2.24) is 4.98 Å². The van der Waals surface area contributed by atoms with Crippen LogP contribution >= 0.6 is 0 Å². The van der Waals surface area contributed by atoms with E-state index in [0.717, 1.165) is 5.56 Å². The van der Waals surface area contributed by atoms with Crippen molar-refractivity contribution in [2.24, 2.45) is 0 Å². The molecule has 8 heteroatoms. The number of H-pyrrole nitrogens is 1. The van der Waals surface area contributed by atoms with E-state index in [2.05, 4.69) is 9.71 Å². The molecule has 2 N–H and O–H groups in total. The minimum Gasteiger partial charge on any atom is -0.497 e. The summed E-state index contributed by atoms with van der Waals surface area (Å²) >= 11 is 0. The van der Waals surface area contributed by atoms with Gasteiger partial charge in [-0.2, -0.15) is 0 Å². The van der Waals surface area contributed by atoms with Gasteiger partial charge < -0.3 is 9.15 Å². The van der Waals surface area contributed by atoms with Crippen molar-refractivity contribution in [2.75, 3.05) is 17.6 Å². The lowest BCUT2D eigenvalue weighted by Gasteiger charge is -2.08. The molecule has 0 spiro atoms. The molecule has 3 rings (SSSR count). The Morgan fingerprint density at radius 1 is 1.21 bits per heavy atom. The molecular weight excluding hydrogens is 332 g/mol. The summed E-state index contributed by atoms with van der Waals surface area (Å²) in [5.74, 6) is 0.0313. The second kappa shape index (κ2) is 6.40. The molecule has 0 aliphatic heterocycles. The van der Waals surface area contributed by atoms with Gasteiger partial charge in [0.05, 0.1) is 24.1 Å². The lowest BCUT2D eigenvalue weighted by molar-refractivity contribution is 0.414. The Kier molecular flexibility index (Phi) is 4.30. The molecule has 0 fully saturated rings. The predicted octanol–water partition coefficient (Wildman–Crippen LogP) is 2.11. The molecule has 1 aromatic heterocycles. The Bertz CT molecular complexity index is 1020. The summed E-state index contributed by atoms with van der Waals surface area (Å²) < 4.78 is 37.0. The maximum absolute atomic E-state index is 12.2. The lowest BCUT2D eigenvalue weighted by atomic mass is 10.2. The first-order valence-electron chi connectivity index (χ1n) is 7.21. The fourth-order valence-electron chi connectivity index (χ4n) is 2.32. The summed E-state index contributed by atoms with van der Waals surface area (Å²) in [6.45, 7) is 0. The third kappa shape index (κ3) is 3.77. The number of aromatic nitrogens is 1. The summed E-state index contributed by atoms with van der Waals surface area (Å²) in [6, 6.07) is 11.9. The van der Waals surface area contributed by atoms with E-state index in [1.54, 1.807) is 31.4 Å². The first kappa shape index (κ1) is 16.1. The Morgan fingerprint density at radius 2 is 2.04 bits per heavy atom. The molecule has 24 heavy (non-hydrogen) atoms. The summed E-state index contributed by atoms with van der Waals surface area (Å²) in [5, 5.41) is 0. The number of aromatic amines is 1. The third-order valence-electron chi connectivity index (χ3n) is 3.49. The van der Waals surface area contributed by atoms with Gasteiger partial charge in [-0.05, 0) is 36.2 Å². The van der Waals surface area contributed by atoms with Gasteiger partial charge in [0.2, 0.25) is 10.0 Å². The summed E-state index contributed by atoms with van der Waals surface area (Å²) in [7, 11) is -1.97. The van der Waals surface area contributed by atoms with Crippen molar-refractivity contribution in [2.45, 2.75) is 6.42 Å². The van der Waals surface area contributed by atoms with Crippen LogP contribution in [0.2, 0.25) is 0 Å². The Hall–Kier alpha value is -2.74. The van der Waals surface area contributed by atoms with Gasteiger partial charge in [-0.1, -0.05) is 12.1 Å². The molecular formula is C16H16N2O5S. The van der Waals surface area contributed by atoms with Crippen molar-refractivity contribution in [3.8, 4) is 5.75 Å². The summed E-state index contributed by atoms with van der Waals surface area (Å²) in [6.07, 6.45) is 0.355. The maximum atomic E-state index is 12.2. The zero-order valence-electron chi connectivity index (χ0n) is 12.9. The number of ether oxygens (including phenoxy) is 1. The van der Waals surface area contributed by atoms with Crippen LogP contribution < -0.4 is 15.2 Å². The Morgan fingerprint density at radius 3 is 2.83 bits per heavy atom. The van der Waals surface area contributed by atoms with E-state index in [9.17, 15) is 13.2 Å². The fourth-order valence-corrected chi connectivity index (χ4v) is 3.41.